The zero-order valence-corrected chi connectivity index (χ0v) is 36.6. The van der Waals surface area contributed by atoms with E-state index in [1.165, 1.54) is 13.1 Å². The molecule has 0 amide bonds. The van der Waals surface area contributed by atoms with E-state index in [1.807, 2.05) is 0 Å². The molecule has 0 spiro atoms. The van der Waals surface area contributed by atoms with Crippen LogP contribution in [0.5, 0.6) is 0 Å². The van der Waals surface area contributed by atoms with Gasteiger partial charge in [0.25, 0.3) is 0 Å². The fraction of sp³-hybridized carbons (Fsp3) is 0.978. The molecular weight excluding hydrogens is 769 g/mol. The third-order valence-corrected chi connectivity index (χ3v) is 28.9. The first kappa shape index (κ1) is 36.7. The first-order valence-corrected chi connectivity index (χ1v) is 28.5. The number of halogens is 1. The van der Waals surface area contributed by atoms with E-state index in [1.54, 1.807) is 184 Å². The third kappa shape index (κ3) is 6.27. The average molecular weight is 843 g/mol. The van der Waals surface area contributed by atoms with Gasteiger partial charge in [-0.15, -0.1) is 0 Å². The molecule has 0 aliphatic heterocycles. The van der Waals surface area contributed by atoms with Crippen molar-refractivity contribution in [3.05, 3.63) is 0 Å². The van der Waals surface area contributed by atoms with Crippen LogP contribution in [0.4, 0.5) is 0 Å². The standard InChI is InChI=1S/C44H69NP2.CHO.ClH.Ru.H/c1(3-46(41-17-29-5-30(18-41)7-31(6-29)19-41)42-20-32-8-33(21-42)10-34(9-32)22-42)45-2-4-47(43-23-35-11-36(24-43)13-37(12-35)25-43)44-26-38-14-39(27-44)16-40(15-38)28-44;1-2;;;/h29-40,45H,1-28H2;1H;1H;;/q;-1;;+3;/p+1. The molecule has 0 unspecified atom stereocenters. The first-order valence-electron chi connectivity index (χ1n) is 22.7. The van der Waals surface area contributed by atoms with Crippen molar-refractivity contribution in [2.75, 3.05) is 25.4 Å². The van der Waals surface area contributed by atoms with Gasteiger partial charge in [0.05, 0.1) is 32.9 Å². The summed E-state index contributed by atoms with van der Waals surface area (Å²) in [4.78, 5) is 7.75. The number of rotatable bonds is 10. The van der Waals surface area contributed by atoms with Crippen LogP contribution in [-0.4, -0.2) is 52.8 Å². The molecule has 286 valence electrons. The van der Waals surface area contributed by atoms with E-state index in [2.05, 4.69) is 21.8 Å². The van der Waals surface area contributed by atoms with Gasteiger partial charge in [0.1, 0.15) is 0 Å². The second kappa shape index (κ2) is 14.1. The SMILES string of the molecule is C(C[PH+](C12CC3CC(CC(C3)C1)C2)C12CC3CC(CC(C3)C1)C2)NCC[PH+](C12CC3CC(CC(C3)C1)C2)C12CC3CC(CC(C3)C1)C2.[CH-]=O.[Cl][RuH+2]. The average Bonchev–Trinajstić information content (AvgIpc) is 3.07. The summed E-state index contributed by atoms with van der Waals surface area (Å²) in [5, 5.41) is 7.87. The van der Waals surface area contributed by atoms with E-state index >= 15 is 0 Å². The van der Waals surface area contributed by atoms with Gasteiger partial charge in [-0.2, -0.15) is 0 Å². The summed E-state index contributed by atoms with van der Waals surface area (Å²) in [6.07, 6.45) is 43.6. The molecule has 16 rings (SSSR count). The van der Waals surface area contributed by atoms with E-state index in [0.29, 0.717) is 0 Å². The molecule has 0 saturated heterocycles. The zero-order chi connectivity index (χ0) is 34.6. The molecule has 51 heavy (non-hydrogen) atoms. The molecule has 16 saturated carbocycles. The molecule has 0 aromatic heterocycles. The fourth-order valence-corrected chi connectivity index (χ4v) is 32.3. The summed E-state index contributed by atoms with van der Waals surface area (Å²) in [6, 6.07) is 0. The van der Waals surface area contributed by atoms with Crippen molar-refractivity contribution in [2.24, 2.45) is 71.0 Å². The summed E-state index contributed by atoms with van der Waals surface area (Å²) in [7, 11) is 3.89. The normalized spacial score (nSPS) is 55.3. The Balaban J connectivity index is 0.000000793. The topological polar surface area (TPSA) is 29.1 Å². The Kier molecular flexibility index (Phi) is 10.1. The molecule has 16 fully saturated rings. The van der Waals surface area contributed by atoms with Crippen molar-refractivity contribution < 1.29 is 22.1 Å². The van der Waals surface area contributed by atoms with E-state index in [9.17, 15) is 0 Å². The van der Waals surface area contributed by atoms with Crippen LogP contribution in [-0.2, 0) is 22.1 Å². The van der Waals surface area contributed by atoms with E-state index in [4.69, 9.17) is 4.79 Å². The number of hydrogen-bond donors (Lipinski definition) is 1. The van der Waals surface area contributed by atoms with E-state index in [-0.39, 0.29) is 15.8 Å². The molecule has 16 bridgehead atoms. The molecule has 2 nitrogen and oxygen atoms in total. The first-order chi connectivity index (χ1) is 24.9. The summed E-state index contributed by atoms with van der Waals surface area (Å²) in [5.41, 5.74) is 0. The van der Waals surface area contributed by atoms with Crippen molar-refractivity contribution in [1.29, 1.82) is 0 Å². The Morgan fingerprint density at radius 3 is 0.706 bits per heavy atom. The zero-order valence-electron chi connectivity index (χ0n) is 32.0. The second-order valence-electron chi connectivity index (χ2n) is 23.0. The van der Waals surface area contributed by atoms with Gasteiger partial charge in [-0.05, 0) is 225 Å². The van der Waals surface area contributed by atoms with Crippen LogP contribution in [0, 0.1) is 71.0 Å². The Morgan fingerprint density at radius 2 is 0.549 bits per heavy atom. The van der Waals surface area contributed by atoms with Crippen molar-refractivity contribution in [2.45, 2.75) is 175 Å². The number of carbonyl (C=O) groups excluding carboxylic acids is 1. The minimum atomic E-state index is -0.360. The summed E-state index contributed by atoms with van der Waals surface area (Å²) >= 11 is 1.62. The van der Waals surface area contributed by atoms with Gasteiger partial charge in [0.2, 0.25) is 0 Å². The quantitative estimate of drug-likeness (QED) is 0.0781. The molecule has 0 aromatic carbocycles. The van der Waals surface area contributed by atoms with E-state index in [0.717, 1.165) is 91.6 Å². The number of nitrogens with one attached hydrogen (secondary N) is 1. The van der Waals surface area contributed by atoms with Crippen LogP contribution in [0.25, 0.3) is 0 Å². The van der Waals surface area contributed by atoms with Crippen LogP contribution in [0.3, 0.4) is 0 Å². The van der Waals surface area contributed by atoms with E-state index < -0.39 is 0 Å². The van der Waals surface area contributed by atoms with Gasteiger partial charge < -0.3 is 10.1 Å². The summed E-state index contributed by atoms with van der Waals surface area (Å²) in [6.45, 7) is 6.10. The van der Waals surface area contributed by atoms with Crippen LogP contribution in [0.15, 0.2) is 0 Å². The minimum absolute atomic E-state index is 0.360. The molecule has 0 radical (unpaired) electrons. The second-order valence-corrected chi connectivity index (χ2v) is 30.2. The van der Waals surface area contributed by atoms with Crippen molar-refractivity contribution >= 4 is 32.3 Å². The van der Waals surface area contributed by atoms with Crippen LogP contribution >= 0.6 is 25.5 Å². The molecule has 16 aliphatic carbocycles. The molecular formula is C45H73ClNOP2Ru+3. The van der Waals surface area contributed by atoms with Crippen molar-refractivity contribution in [1.82, 2.24) is 5.32 Å². The van der Waals surface area contributed by atoms with Crippen molar-refractivity contribution in [3.8, 4) is 0 Å². The predicted molar refractivity (Wildman–Crippen MR) is 217 cm³/mol. The van der Waals surface area contributed by atoms with Crippen LogP contribution in [0.1, 0.15) is 154 Å². The van der Waals surface area contributed by atoms with Gasteiger partial charge in [-0.3, -0.25) is 6.79 Å². The molecule has 0 aromatic rings. The molecule has 1 N–H and O–H groups in total. The summed E-state index contributed by atoms with van der Waals surface area (Å²) in [5.74, 6) is 13.8. The number of hydrogen-bond acceptors (Lipinski definition) is 2. The van der Waals surface area contributed by atoms with Gasteiger partial charge in [0, 0.05) is 28.9 Å². The Morgan fingerprint density at radius 1 is 0.392 bits per heavy atom. The Labute approximate surface area is 329 Å². The Hall–Kier alpha value is 1.40. The fourth-order valence-electron chi connectivity index (χ4n) is 20.7. The maximum atomic E-state index is 7.75. The molecule has 0 atom stereocenters. The Bertz CT molecular complexity index is 965. The predicted octanol–water partition coefficient (Wildman–Crippen LogP) is 11.0. The monoisotopic (exact) mass is 842 g/mol. The third-order valence-electron chi connectivity index (χ3n) is 19.8. The maximum absolute atomic E-state index is 7.75. The van der Waals surface area contributed by atoms with Gasteiger partial charge in [-0.25, -0.2) is 0 Å². The van der Waals surface area contributed by atoms with Crippen molar-refractivity contribution in [3.63, 3.8) is 0 Å². The van der Waals surface area contributed by atoms with Crippen LogP contribution < -0.4 is 5.32 Å². The van der Waals surface area contributed by atoms with Gasteiger partial charge in [-0.1, -0.05) is 0 Å². The molecule has 16 aliphatic rings. The van der Waals surface area contributed by atoms with Gasteiger partial charge >= 0.3 is 27.0 Å². The van der Waals surface area contributed by atoms with Crippen LogP contribution in [0.2, 0.25) is 0 Å². The molecule has 0 heterocycles. The summed E-state index contributed by atoms with van der Waals surface area (Å²) < 4.78 is 0. The molecule has 6 heteroatoms. The van der Waals surface area contributed by atoms with Gasteiger partial charge in [0.15, 0.2) is 0 Å².